The van der Waals surface area contributed by atoms with Crippen molar-refractivity contribution in [3.8, 4) is 0 Å². The van der Waals surface area contributed by atoms with Crippen molar-refractivity contribution in [1.82, 2.24) is 4.67 Å². The van der Waals surface area contributed by atoms with Crippen molar-refractivity contribution in [3.63, 3.8) is 0 Å². The predicted octanol–water partition coefficient (Wildman–Crippen LogP) is 0.121. The quantitative estimate of drug-likeness (QED) is 0.609. The zero-order valence-corrected chi connectivity index (χ0v) is 9.94. The highest BCUT2D eigenvalue weighted by Gasteiger charge is 2.29. The van der Waals surface area contributed by atoms with Crippen LogP contribution in [0.4, 0.5) is 0 Å². The van der Waals surface area contributed by atoms with Crippen LogP contribution in [-0.4, -0.2) is 49.1 Å². The molecule has 0 fully saturated rings. The highest BCUT2D eigenvalue weighted by Crippen LogP contribution is 2.49. The number of rotatable bonds is 7. The van der Waals surface area contributed by atoms with Crippen LogP contribution in [0.2, 0.25) is 0 Å². The monoisotopic (exact) mass is 240 g/mol. The van der Waals surface area contributed by atoms with E-state index in [0.717, 1.165) is 0 Å². The molecule has 0 unspecified atom stereocenters. The van der Waals surface area contributed by atoms with Gasteiger partial charge in [-0.2, -0.15) is 0 Å². The van der Waals surface area contributed by atoms with Crippen LogP contribution in [0.25, 0.3) is 0 Å². The first-order valence-electron chi connectivity index (χ1n) is 4.38. The van der Waals surface area contributed by atoms with Crippen LogP contribution in [0.15, 0.2) is 0 Å². The second kappa shape index (κ2) is 6.19. The molecule has 0 aromatic heterocycles. The van der Waals surface area contributed by atoms with Gasteiger partial charge in [-0.25, -0.2) is 9.24 Å². The second-order valence-electron chi connectivity index (χ2n) is 2.97. The normalized spacial score (nSPS) is 17.4. The molecule has 3 N–H and O–H groups in total. The number of hydrogen-bond donors (Lipinski definition) is 2. The number of carboxylic acids is 1. The van der Waals surface area contributed by atoms with E-state index in [1.54, 1.807) is 6.92 Å². The molecule has 0 aliphatic rings. The highest BCUT2D eigenvalue weighted by atomic mass is 31.2. The number of nitrogens with two attached hydrogens (primary N) is 1. The topological polar surface area (TPSA) is 102 Å². The molecule has 0 rings (SSSR count). The molecule has 0 spiro atoms. The second-order valence-corrected chi connectivity index (χ2v) is 5.23. The average molecular weight is 240 g/mol. The van der Waals surface area contributed by atoms with E-state index in [1.807, 2.05) is 0 Å². The Balaban J connectivity index is 4.31. The molecule has 0 amide bonds. The molecule has 0 saturated carbocycles. The Bertz CT molecular complexity index is 258. The molecule has 0 aromatic carbocycles. The van der Waals surface area contributed by atoms with Gasteiger partial charge in [0.15, 0.2) is 0 Å². The van der Waals surface area contributed by atoms with E-state index in [-0.39, 0.29) is 13.2 Å². The molecule has 0 heterocycles. The summed E-state index contributed by atoms with van der Waals surface area (Å²) in [5.41, 5.74) is 5.20. The smallest absolute Gasteiger partial charge is 0.407 e. The van der Waals surface area contributed by atoms with E-state index in [0.29, 0.717) is 0 Å². The van der Waals surface area contributed by atoms with Gasteiger partial charge < -0.3 is 10.8 Å². The summed E-state index contributed by atoms with van der Waals surface area (Å²) in [6, 6.07) is -1.21. The lowest BCUT2D eigenvalue weighted by molar-refractivity contribution is -0.139. The fourth-order valence-corrected chi connectivity index (χ4v) is 1.89. The molecule has 0 aromatic rings. The minimum Gasteiger partial charge on any atom is -0.480 e. The number of hydrogen-bond acceptors (Lipinski definition) is 5. The zero-order valence-electron chi connectivity index (χ0n) is 9.04. The largest absolute Gasteiger partial charge is 0.480 e. The molecule has 7 nitrogen and oxygen atoms in total. The number of nitrogens with zero attached hydrogens (tertiary/aromatic N) is 1. The van der Waals surface area contributed by atoms with Crippen molar-refractivity contribution < 1.29 is 23.5 Å². The molecular formula is C7H17N2O5P. The van der Waals surface area contributed by atoms with Crippen molar-refractivity contribution in [3.05, 3.63) is 0 Å². The number of carboxylic acid groups (broad SMARTS) is 1. The minimum absolute atomic E-state index is 0.206. The van der Waals surface area contributed by atoms with E-state index in [2.05, 4.69) is 0 Å². The average Bonchev–Trinajstić information content (AvgIpc) is 2.14. The lowest BCUT2D eigenvalue weighted by Crippen LogP contribution is -2.35. The Morgan fingerprint density at radius 2 is 2.07 bits per heavy atom. The van der Waals surface area contributed by atoms with Crippen molar-refractivity contribution in [1.29, 1.82) is 0 Å². The van der Waals surface area contributed by atoms with Crippen molar-refractivity contribution in [2.24, 2.45) is 5.73 Å². The first-order valence-corrected chi connectivity index (χ1v) is 5.88. The Kier molecular flexibility index (Phi) is 6.00. The van der Waals surface area contributed by atoms with Gasteiger partial charge in [-0.1, -0.05) is 0 Å². The third kappa shape index (κ3) is 4.72. The maximum absolute atomic E-state index is 11.9. The van der Waals surface area contributed by atoms with Gasteiger partial charge in [0, 0.05) is 0 Å². The van der Waals surface area contributed by atoms with Crippen LogP contribution >= 0.6 is 7.75 Å². The molecule has 90 valence electrons. The molecule has 0 saturated heterocycles. The van der Waals surface area contributed by atoms with Crippen LogP contribution < -0.4 is 5.73 Å². The molecule has 0 radical (unpaired) electrons. The van der Waals surface area contributed by atoms with Crippen molar-refractivity contribution in [2.45, 2.75) is 13.0 Å². The van der Waals surface area contributed by atoms with Crippen LogP contribution in [0.3, 0.4) is 0 Å². The van der Waals surface area contributed by atoms with E-state index < -0.39 is 19.8 Å². The molecule has 2 atom stereocenters. The van der Waals surface area contributed by atoms with E-state index >= 15 is 0 Å². The SMILES string of the molecule is CCO[P@@](=O)(OC[C@H](N)C(=O)O)N(C)C. The number of carbonyl (C=O) groups is 1. The Morgan fingerprint density at radius 1 is 1.53 bits per heavy atom. The summed E-state index contributed by atoms with van der Waals surface area (Å²) in [6.45, 7) is 1.51. The maximum atomic E-state index is 11.9. The van der Waals surface area contributed by atoms with Crippen LogP contribution in [0.1, 0.15) is 6.92 Å². The standard InChI is InChI=1S/C7H17N2O5P/c1-4-13-15(12,9(2)3)14-5-6(8)7(10)11/h6H,4-5,8H2,1-3H3,(H,10,11)/t6-,15+/m0/s1. The van der Waals surface area contributed by atoms with Crippen molar-refractivity contribution in [2.75, 3.05) is 27.3 Å². The molecule has 15 heavy (non-hydrogen) atoms. The summed E-state index contributed by atoms with van der Waals surface area (Å²) >= 11 is 0. The fourth-order valence-electron chi connectivity index (χ4n) is 0.677. The molecular weight excluding hydrogens is 223 g/mol. The summed E-state index contributed by atoms with van der Waals surface area (Å²) in [7, 11) is -0.362. The molecule has 8 heteroatoms. The zero-order chi connectivity index (χ0) is 12.1. The molecule has 0 bridgehead atoms. The van der Waals surface area contributed by atoms with Crippen molar-refractivity contribution >= 4 is 13.7 Å². The van der Waals surface area contributed by atoms with Gasteiger partial charge in [-0.05, 0) is 21.0 Å². The summed E-state index contributed by atoms with van der Waals surface area (Å²) in [4.78, 5) is 10.4. The Morgan fingerprint density at radius 3 is 2.40 bits per heavy atom. The van der Waals surface area contributed by atoms with E-state index in [9.17, 15) is 9.36 Å². The van der Waals surface area contributed by atoms with E-state index in [1.165, 1.54) is 18.8 Å². The van der Waals surface area contributed by atoms with Gasteiger partial charge in [0.2, 0.25) is 0 Å². The van der Waals surface area contributed by atoms with Crippen LogP contribution in [0, 0.1) is 0 Å². The minimum atomic E-state index is -3.39. The van der Waals surface area contributed by atoms with E-state index in [4.69, 9.17) is 19.9 Å². The van der Waals surface area contributed by atoms with Gasteiger partial charge in [-0.15, -0.1) is 0 Å². The van der Waals surface area contributed by atoms with Gasteiger partial charge in [0.1, 0.15) is 6.04 Å². The maximum Gasteiger partial charge on any atom is 0.407 e. The molecule has 0 aliphatic carbocycles. The fraction of sp³-hybridized carbons (Fsp3) is 0.857. The molecule has 0 aliphatic heterocycles. The first-order chi connectivity index (χ1) is 6.83. The number of aliphatic carboxylic acids is 1. The van der Waals surface area contributed by atoms with Gasteiger partial charge in [-0.3, -0.25) is 13.8 Å². The Labute approximate surface area is 88.7 Å². The summed E-state index contributed by atoms with van der Waals surface area (Å²) < 4.78 is 23.0. The lowest BCUT2D eigenvalue weighted by atomic mass is 10.3. The van der Waals surface area contributed by atoms with Crippen LogP contribution in [0.5, 0.6) is 0 Å². The lowest BCUT2D eigenvalue weighted by Gasteiger charge is -2.23. The third-order valence-electron chi connectivity index (χ3n) is 1.52. The van der Waals surface area contributed by atoms with Gasteiger partial charge >= 0.3 is 13.7 Å². The first kappa shape index (κ1) is 14.5. The third-order valence-corrected chi connectivity index (χ3v) is 3.56. The van der Waals surface area contributed by atoms with Gasteiger partial charge in [0.05, 0.1) is 13.2 Å². The summed E-state index contributed by atoms with van der Waals surface area (Å²) in [6.07, 6.45) is 0. The summed E-state index contributed by atoms with van der Waals surface area (Å²) in [5.74, 6) is -1.21. The highest BCUT2D eigenvalue weighted by molar-refractivity contribution is 7.51. The predicted molar refractivity (Wildman–Crippen MR) is 54.5 cm³/mol. The van der Waals surface area contributed by atoms with Crippen LogP contribution in [-0.2, 0) is 18.4 Å². The summed E-state index contributed by atoms with van der Waals surface area (Å²) in [5, 5.41) is 8.50. The Hall–Kier alpha value is -0.460. The van der Waals surface area contributed by atoms with Gasteiger partial charge in [0.25, 0.3) is 0 Å².